The van der Waals surface area contributed by atoms with Crippen molar-refractivity contribution in [1.82, 2.24) is 24.6 Å². The molecule has 136 valence electrons. The van der Waals surface area contributed by atoms with Crippen molar-refractivity contribution >= 4 is 16.9 Å². The first kappa shape index (κ1) is 16.8. The molecule has 0 aliphatic carbocycles. The van der Waals surface area contributed by atoms with E-state index in [1.165, 1.54) is 0 Å². The molecule has 3 aromatic heterocycles. The molecule has 0 radical (unpaired) electrons. The van der Waals surface area contributed by atoms with Crippen LogP contribution >= 0.6 is 0 Å². The van der Waals surface area contributed by atoms with Crippen LogP contribution in [0.1, 0.15) is 30.2 Å². The summed E-state index contributed by atoms with van der Waals surface area (Å²) in [5.74, 6) is 0.678. The number of fused-ring (bicyclic) bond motifs is 1. The van der Waals surface area contributed by atoms with E-state index in [2.05, 4.69) is 30.9 Å². The van der Waals surface area contributed by atoms with Crippen LogP contribution in [0.5, 0.6) is 0 Å². The van der Waals surface area contributed by atoms with Gasteiger partial charge in [-0.2, -0.15) is 5.10 Å². The lowest BCUT2D eigenvalue weighted by Gasteiger charge is -2.32. The number of piperazine rings is 1. The zero-order valence-electron chi connectivity index (χ0n) is 15.3. The minimum Gasteiger partial charge on any atom is -0.463 e. The van der Waals surface area contributed by atoms with E-state index in [4.69, 9.17) is 9.40 Å². The predicted octanol–water partition coefficient (Wildman–Crippen LogP) is 2.66. The molecular weight excluding hydrogens is 330 g/mol. The average Bonchev–Trinajstić information content (AvgIpc) is 3.30. The first-order chi connectivity index (χ1) is 12.5. The standard InChI is InChI=1S/C19H23N5O2/c1-13(2)24-18-15(12-20-24)14(11-16(21-18)17-5-4-10-26-17)19(25)23-8-6-22(3)7-9-23/h4-5,10-13H,6-9H2,1-3H3. The molecule has 0 aromatic carbocycles. The summed E-state index contributed by atoms with van der Waals surface area (Å²) in [7, 11) is 2.08. The molecule has 7 heteroatoms. The molecule has 0 bridgehead atoms. The van der Waals surface area contributed by atoms with Gasteiger partial charge in [0.05, 0.1) is 23.4 Å². The summed E-state index contributed by atoms with van der Waals surface area (Å²) in [5.41, 5.74) is 2.01. The van der Waals surface area contributed by atoms with Gasteiger partial charge in [-0.15, -0.1) is 0 Å². The number of carbonyl (C=O) groups excluding carboxylic acids is 1. The van der Waals surface area contributed by atoms with Crippen LogP contribution in [0.4, 0.5) is 0 Å². The van der Waals surface area contributed by atoms with Gasteiger partial charge in [0.15, 0.2) is 11.4 Å². The van der Waals surface area contributed by atoms with E-state index in [1.807, 2.05) is 27.8 Å². The second kappa shape index (κ2) is 6.57. The van der Waals surface area contributed by atoms with Crippen molar-refractivity contribution in [2.75, 3.05) is 33.2 Å². The number of aromatic nitrogens is 3. The van der Waals surface area contributed by atoms with Crippen LogP contribution in [-0.4, -0.2) is 63.7 Å². The van der Waals surface area contributed by atoms with Crippen molar-refractivity contribution < 1.29 is 9.21 Å². The van der Waals surface area contributed by atoms with Crippen molar-refractivity contribution in [3.8, 4) is 11.5 Å². The average molecular weight is 353 g/mol. The van der Waals surface area contributed by atoms with Gasteiger partial charge in [-0.1, -0.05) is 0 Å². The van der Waals surface area contributed by atoms with Gasteiger partial charge in [0.1, 0.15) is 5.69 Å². The predicted molar refractivity (Wildman–Crippen MR) is 99.0 cm³/mol. The highest BCUT2D eigenvalue weighted by Crippen LogP contribution is 2.27. The highest BCUT2D eigenvalue weighted by Gasteiger charge is 2.25. The zero-order valence-corrected chi connectivity index (χ0v) is 15.3. The number of likely N-dealkylation sites (N-methyl/N-ethyl adjacent to an activating group) is 1. The van der Waals surface area contributed by atoms with E-state index >= 15 is 0 Å². The van der Waals surface area contributed by atoms with Gasteiger partial charge in [-0.3, -0.25) is 4.79 Å². The highest BCUT2D eigenvalue weighted by atomic mass is 16.3. The smallest absolute Gasteiger partial charge is 0.254 e. The van der Waals surface area contributed by atoms with Crippen LogP contribution < -0.4 is 0 Å². The number of furan rings is 1. The number of rotatable bonds is 3. The molecule has 26 heavy (non-hydrogen) atoms. The van der Waals surface area contributed by atoms with Gasteiger partial charge in [0, 0.05) is 32.2 Å². The van der Waals surface area contributed by atoms with Gasteiger partial charge < -0.3 is 14.2 Å². The summed E-state index contributed by atoms with van der Waals surface area (Å²) in [5, 5.41) is 5.25. The summed E-state index contributed by atoms with van der Waals surface area (Å²) in [6.45, 7) is 7.33. The summed E-state index contributed by atoms with van der Waals surface area (Å²) >= 11 is 0. The molecule has 4 heterocycles. The van der Waals surface area contributed by atoms with E-state index in [-0.39, 0.29) is 11.9 Å². The van der Waals surface area contributed by atoms with Gasteiger partial charge in [-0.05, 0) is 39.1 Å². The molecule has 1 fully saturated rings. The van der Waals surface area contributed by atoms with Gasteiger partial charge in [-0.25, -0.2) is 9.67 Å². The monoisotopic (exact) mass is 353 g/mol. The number of amides is 1. The molecule has 0 unspecified atom stereocenters. The molecule has 1 amide bonds. The van der Waals surface area contributed by atoms with Crippen LogP contribution in [-0.2, 0) is 0 Å². The molecule has 3 aromatic rings. The van der Waals surface area contributed by atoms with Gasteiger partial charge in [0.2, 0.25) is 0 Å². The Bertz CT molecular complexity index is 921. The minimum atomic E-state index is 0.0293. The fourth-order valence-corrected chi connectivity index (χ4v) is 3.30. The topological polar surface area (TPSA) is 67.4 Å². The Kier molecular flexibility index (Phi) is 4.24. The lowest BCUT2D eigenvalue weighted by atomic mass is 10.1. The molecule has 0 spiro atoms. The van der Waals surface area contributed by atoms with Crippen molar-refractivity contribution in [2.45, 2.75) is 19.9 Å². The second-order valence-corrected chi connectivity index (χ2v) is 7.05. The van der Waals surface area contributed by atoms with Gasteiger partial charge in [0.25, 0.3) is 5.91 Å². The normalized spacial score (nSPS) is 15.9. The Morgan fingerprint density at radius 1 is 1.23 bits per heavy atom. The van der Waals surface area contributed by atoms with Crippen molar-refractivity contribution in [2.24, 2.45) is 0 Å². The molecular formula is C19H23N5O2. The summed E-state index contributed by atoms with van der Waals surface area (Å²) in [6.07, 6.45) is 3.36. The Balaban J connectivity index is 1.83. The largest absolute Gasteiger partial charge is 0.463 e. The lowest BCUT2D eigenvalue weighted by molar-refractivity contribution is 0.0666. The van der Waals surface area contributed by atoms with Crippen LogP contribution in [0.3, 0.4) is 0 Å². The quantitative estimate of drug-likeness (QED) is 0.724. The van der Waals surface area contributed by atoms with Crippen LogP contribution in [0, 0.1) is 0 Å². The summed E-state index contributed by atoms with van der Waals surface area (Å²) in [4.78, 5) is 22.1. The third-order valence-corrected chi connectivity index (χ3v) is 4.85. The fourth-order valence-electron chi connectivity index (χ4n) is 3.30. The molecule has 0 atom stereocenters. The Morgan fingerprint density at radius 3 is 2.65 bits per heavy atom. The third kappa shape index (κ3) is 2.88. The van der Waals surface area contributed by atoms with Crippen LogP contribution in [0.2, 0.25) is 0 Å². The zero-order chi connectivity index (χ0) is 18.3. The first-order valence-corrected chi connectivity index (χ1v) is 8.94. The second-order valence-electron chi connectivity index (χ2n) is 7.05. The number of carbonyl (C=O) groups is 1. The Hall–Kier alpha value is -2.67. The van der Waals surface area contributed by atoms with Gasteiger partial charge >= 0.3 is 0 Å². The SMILES string of the molecule is CC(C)n1ncc2c(C(=O)N3CCN(C)CC3)cc(-c3ccco3)nc21. The Labute approximate surface area is 152 Å². The third-order valence-electron chi connectivity index (χ3n) is 4.85. The van der Waals surface area contributed by atoms with E-state index in [0.717, 1.165) is 31.6 Å². The molecule has 4 rings (SSSR count). The van der Waals surface area contributed by atoms with Crippen LogP contribution in [0.25, 0.3) is 22.5 Å². The number of nitrogens with zero attached hydrogens (tertiary/aromatic N) is 5. The minimum absolute atomic E-state index is 0.0293. The summed E-state index contributed by atoms with van der Waals surface area (Å²) in [6, 6.07) is 5.66. The van der Waals surface area contributed by atoms with E-state index < -0.39 is 0 Å². The maximum absolute atomic E-state index is 13.2. The molecule has 1 aliphatic heterocycles. The van der Waals surface area contributed by atoms with E-state index in [1.54, 1.807) is 12.5 Å². The molecule has 0 saturated carbocycles. The number of hydrogen-bond donors (Lipinski definition) is 0. The number of hydrogen-bond acceptors (Lipinski definition) is 5. The van der Waals surface area contributed by atoms with Crippen molar-refractivity contribution in [3.05, 3.63) is 36.2 Å². The molecule has 0 N–H and O–H groups in total. The first-order valence-electron chi connectivity index (χ1n) is 8.94. The summed E-state index contributed by atoms with van der Waals surface area (Å²) < 4.78 is 7.37. The maximum atomic E-state index is 13.2. The van der Waals surface area contributed by atoms with E-state index in [0.29, 0.717) is 22.7 Å². The van der Waals surface area contributed by atoms with Crippen LogP contribution in [0.15, 0.2) is 35.1 Å². The maximum Gasteiger partial charge on any atom is 0.254 e. The fraction of sp³-hybridized carbons (Fsp3) is 0.421. The molecule has 7 nitrogen and oxygen atoms in total. The molecule has 1 saturated heterocycles. The number of pyridine rings is 1. The van der Waals surface area contributed by atoms with Crippen molar-refractivity contribution in [3.63, 3.8) is 0 Å². The highest BCUT2D eigenvalue weighted by molar-refractivity contribution is 6.06. The van der Waals surface area contributed by atoms with Crippen molar-refractivity contribution in [1.29, 1.82) is 0 Å². The molecule has 1 aliphatic rings. The lowest BCUT2D eigenvalue weighted by Crippen LogP contribution is -2.47. The van der Waals surface area contributed by atoms with E-state index in [9.17, 15) is 4.79 Å². The Morgan fingerprint density at radius 2 is 2.00 bits per heavy atom.